The van der Waals surface area contributed by atoms with Gasteiger partial charge in [0.05, 0.1) is 23.8 Å². The lowest BCUT2D eigenvalue weighted by Crippen LogP contribution is -2.25. The van der Waals surface area contributed by atoms with Gasteiger partial charge in [-0.1, -0.05) is 11.6 Å². The zero-order valence-corrected chi connectivity index (χ0v) is 17.0. The second-order valence-electron chi connectivity index (χ2n) is 6.32. The van der Waals surface area contributed by atoms with Gasteiger partial charge in [-0.25, -0.2) is 4.98 Å². The molecule has 0 saturated heterocycles. The minimum Gasteiger partial charge on any atom is -0.495 e. The highest BCUT2D eigenvalue weighted by Gasteiger charge is 2.15. The summed E-state index contributed by atoms with van der Waals surface area (Å²) in [5, 5.41) is 3.52. The van der Waals surface area contributed by atoms with Crippen molar-refractivity contribution in [3.63, 3.8) is 0 Å². The van der Waals surface area contributed by atoms with E-state index in [9.17, 15) is 4.79 Å². The van der Waals surface area contributed by atoms with Crippen LogP contribution in [0.5, 0.6) is 5.75 Å². The maximum atomic E-state index is 12.4. The summed E-state index contributed by atoms with van der Waals surface area (Å²) in [6, 6.07) is 10.9. The number of nitrogens with zero attached hydrogens (tertiary/aromatic N) is 2. The number of carbonyl (C=O) groups is 1. The molecule has 0 aliphatic carbocycles. The van der Waals surface area contributed by atoms with E-state index in [-0.39, 0.29) is 5.91 Å². The molecule has 1 heterocycles. The summed E-state index contributed by atoms with van der Waals surface area (Å²) in [6.07, 6.45) is 0.782. The number of imidazole rings is 1. The van der Waals surface area contributed by atoms with Gasteiger partial charge in [-0.2, -0.15) is 0 Å². The highest BCUT2D eigenvalue weighted by atomic mass is 35.5. The summed E-state index contributed by atoms with van der Waals surface area (Å²) in [4.78, 5) is 17.0. The van der Waals surface area contributed by atoms with Crippen molar-refractivity contribution in [3.05, 3.63) is 52.8 Å². The number of methoxy groups -OCH3 is 1. The summed E-state index contributed by atoms with van der Waals surface area (Å²) in [6.45, 7) is 5.76. The van der Waals surface area contributed by atoms with Crippen molar-refractivity contribution in [3.8, 4) is 11.4 Å². The SMILES string of the molecule is CCOCCCNC(=O)c1ccc2c(c1)nc(C)n2-c1cc(Cl)ccc1OC. The second kappa shape index (κ2) is 9.08. The number of carbonyl (C=O) groups excluding carboxylic acids is 1. The predicted molar refractivity (Wildman–Crippen MR) is 111 cm³/mol. The van der Waals surface area contributed by atoms with Crippen molar-refractivity contribution in [2.75, 3.05) is 26.9 Å². The van der Waals surface area contributed by atoms with Gasteiger partial charge in [0.2, 0.25) is 0 Å². The fourth-order valence-electron chi connectivity index (χ4n) is 3.11. The Kier molecular flexibility index (Phi) is 6.54. The summed E-state index contributed by atoms with van der Waals surface area (Å²) in [5.74, 6) is 1.36. The molecule has 0 radical (unpaired) electrons. The Hall–Kier alpha value is -2.57. The van der Waals surface area contributed by atoms with Crippen LogP contribution in [-0.4, -0.2) is 42.3 Å². The number of benzene rings is 2. The Morgan fingerprint density at radius 1 is 1.25 bits per heavy atom. The molecule has 0 spiro atoms. The maximum absolute atomic E-state index is 12.4. The molecule has 0 aliphatic rings. The standard InChI is InChI=1S/C21H24ClN3O3/c1-4-28-11-5-10-23-21(26)15-6-8-18-17(12-15)24-14(2)25(18)19-13-16(22)7-9-20(19)27-3/h6-9,12-13H,4-5,10-11H2,1-3H3,(H,23,26). The van der Waals surface area contributed by atoms with Crippen molar-refractivity contribution < 1.29 is 14.3 Å². The molecule has 0 aliphatic heterocycles. The molecular weight excluding hydrogens is 378 g/mol. The van der Waals surface area contributed by atoms with Gasteiger partial charge >= 0.3 is 0 Å². The molecule has 1 amide bonds. The van der Waals surface area contributed by atoms with Crippen molar-refractivity contribution >= 4 is 28.5 Å². The average Bonchev–Trinajstić information content (AvgIpc) is 3.02. The van der Waals surface area contributed by atoms with Gasteiger partial charge in [0.25, 0.3) is 5.91 Å². The second-order valence-corrected chi connectivity index (χ2v) is 6.76. The van der Waals surface area contributed by atoms with E-state index in [1.807, 2.05) is 36.6 Å². The lowest BCUT2D eigenvalue weighted by molar-refractivity contribution is 0.0944. The minimum absolute atomic E-state index is 0.120. The van der Waals surface area contributed by atoms with Crippen LogP contribution in [0.2, 0.25) is 5.02 Å². The zero-order valence-electron chi connectivity index (χ0n) is 16.3. The van der Waals surface area contributed by atoms with E-state index in [2.05, 4.69) is 10.3 Å². The van der Waals surface area contributed by atoms with Crippen molar-refractivity contribution in [1.82, 2.24) is 14.9 Å². The first-order valence-corrected chi connectivity index (χ1v) is 9.62. The Morgan fingerprint density at radius 3 is 2.82 bits per heavy atom. The first-order valence-electron chi connectivity index (χ1n) is 9.24. The number of rotatable bonds is 8. The third-order valence-electron chi connectivity index (χ3n) is 4.42. The minimum atomic E-state index is -0.120. The third kappa shape index (κ3) is 4.29. The molecule has 7 heteroatoms. The predicted octanol–water partition coefficient (Wildman–Crippen LogP) is 4.15. The van der Waals surface area contributed by atoms with Crippen molar-refractivity contribution in [2.45, 2.75) is 20.3 Å². The molecule has 0 unspecified atom stereocenters. The fraction of sp³-hybridized carbons (Fsp3) is 0.333. The molecule has 0 saturated carbocycles. The molecule has 0 bridgehead atoms. The summed E-state index contributed by atoms with van der Waals surface area (Å²) >= 11 is 6.19. The molecule has 2 aromatic carbocycles. The highest BCUT2D eigenvalue weighted by molar-refractivity contribution is 6.30. The van der Waals surface area contributed by atoms with Gasteiger partial charge in [-0.15, -0.1) is 0 Å². The van der Waals surface area contributed by atoms with Crippen LogP contribution >= 0.6 is 11.6 Å². The molecule has 3 rings (SSSR count). The lowest BCUT2D eigenvalue weighted by atomic mass is 10.2. The number of fused-ring (bicyclic) bond motifs is 1. The smallest absolute Gasteiger partial charge is 0.251 e. The van der Waals surface area contributed by atoms with Crippen LogP contribution in [0.1, 0.15) is 29.5 Å². The van der Waals surface area contributed by atoms with Crippen LogP contribution in [0.15, 0.2) is 36.4 Å². The van der Waals surface area contributed by atoms with Gasteiger partial charge in [-0.3, -0.25) is 9.36 Å². The summed E-state index contributed by atoms with van der Waals surface area (Å²) < 4.78 is 12.7. The molecule has 148 valence electrons. The normalized spacial score (nSPS) is 11.0. The Morgan fingerprint density at radius 2 is 2.07 bits per heavy atom. The van der Waals surface area contributed by atoms with Gasteiger partial charge < -0.3 is 14.8 Å². The maximum Gasteiger partial charge on any atom is 0.251 e. The molecule has 28 heavy (non-hydrogen) atoms. The molecule has 1 aromatic heterocycles. The fourth-order valence-corrected chi connectivity index (χ4v) is 3.27. The Labute approximate surface area is 169 Å². The average molecular weight is 402 g/mol. The van der Waals surface area contributed by atoms with E-state index in [4.69, 9.17) is 21.1 Å². The number of ether oxygens (including phenoxy) is 2. The molecule has 0 atom stereocenters. The number of hydrogen-bond donors (Lipinski definition) is 1. The van der Waals surface area contributed by atoms with E-state index >= 15 is 0 Å². The quantitative estimate of drug-likeness (QED) is 0.576. The first kappa shape index (κ1) is 20.2. The Balaban J connectivity index is 1.88. The van der Waals surface area contributed by atoms with Crippen LogP contribution in [0.3, 0.4) is 0 Å². The van der Waals surface area contributed by atoms with Crippen LogP contribution < -0.4 is 10.1 Å². The number of halogens is 1. The summed E-state index contributed by atoms with van der Waals surface area (Å²) in [5.41, 5.74) is 3.00. The van der Waals surface area contributed by atoms with Gasteiger partial charge in [0, 0.05) is 30.3 Å². The molecule has 0 fully saturated rings. The summed E-state index contributed by atoms with van der Waals surface area (Å²) in [7, 11) is 1.62. The number of aryl methyl sites for hydroxylation is 1. The van der Waals surface area contributed by atoms with Gasteiger partial charge in [0.15, 0.2) is 0 Å². The molecule has 3 aromatic rings. The highest BCUT2D eigenvalue weighted by Crippen LogP contribution is 2.31. The van der Waals surface area contributed by atoms with E-state index in [1.165, 1.54) is 0 Å². The third-order valence-corrected chi connectivity index (χ3v) is 4.66. The van der Waals surface area contributed by atoms with E-state index in [0.717, 1.165) is 29.0 Å². The van der Waals surface area contributed by atoms with Crippen LogP contribution in [0.4, 0.5) is 0 Å². The number of hydrogen-bond acceptors (Lipinski definition) is 4. The monoisotopic (exact) mass is 401 g/mol. The molecule has 6 nitrogen and oxygen atoms in total. The molecule has 1 N–H and O–H groups in total. The number of aromatic nitrogens is 2. The van der Waals surface area contributed by atoms with Crippen molar-refractivity contribution in [1.29, 1.82) is 0 Å². The number of nitrogens with one attached hydrogen (secondary N) is 1. The lowest BCUT2D eigenvalue weighted by Gasteiger charge is -2.12. The van der Waals surface area contributed by atoms with Crippen LogP contribution in [0, 0.1) is 6.92 Å². The van der Waals surface area contributed by atoms with E-state index in [0.29, 0.717) is 36.1 Å². The largest absolute Gasteiger partial charge is 0.495 e. The molecular formula is C21H24ClN3O3. The van der Waals surface area contributed by atoms with E-state index < -0.39 is 0 Å². The van der Waals surface area contributed by atoms with Crippen molar-refractivity contribution in [2.24, 2.45) is 0 Å². The van der Waals surface area contributed by atoms with E-state index in [1.54, 1.807) is 25.3 Å². The Bertz CT molecular complexity index is 984. The van der Waals surface area contributed by atoms with Gasteiger partial charge in [0.1, 0.15) is 11.6 Å². The zero-order chi connectivity index (χ0) is 20.1. The van der Waals surface area contributed by atoms with Crippen LogP contribution in [-0.2, 0) is 4.74 Å². The topological polar surface area (TPSA) is 65.4 Å². The van der Waals surface area contributed by atoms with Crippen LogP contribution in [0.25, 0.3) is 16.7 Å². The first-order chi connectivity index (χ1) is 13.5. The van der Waals surface area contributed by atoms with Gasteiger partial charge in [-0.05, 0) is 56.7 Å². The number of amides is 1.